The van der Waals surface area contributed by atoms with Crippen LogP contribution in [-0.4, -0.2) is 77.2 Å². The molecule has 0 radical (unpaired) electrons. The number of piperidine rings is 1. The Balaban J connectivity index is 1.33. The molecule has 9 nitrogen and oxygen atoms in total. The van der Waals surface area contributed by atoms with E-state index < -0.39 is 26.6 Å². The van der Waals surface area contributed by atoms with E-state index in [-0.39, 0.29) is 24.4 Å². The molecule has 2 saturated heterocycles. The first-order valence-electron chi connectivity index (χ1n) is 14.8. The average molecular weight is 608 g/mol. The van der Waals surface area contributed by atoms with Crippen LogP contribution in [0.25, 0.3) is 11.1 Å². The first kappa shape index (κ1) is 30.8. The molecular formula is C33H41N3O6S. The molecule has 5 rings (SSSR count). The van der Waals surface area contributed by atoms with Crippen LogP contribution in [0, 0.1) is 0 Å². The fourth-order valence-corrected chi connectivity index (χ4v) is 8.18. The molecule has 3 aromatic rings. The van der Waals surface area contributed by atoms with E-state index in [0.29, 0.717) is 24.3 Å². The zero-order valence-electron chi connectivity index (χ0n) is 24.8. The van der Waals surface area contributed by atoms with Crippen molar-refractivity contribution >= 4 is 21.5 Å². The number of hydrogen-bond acceptors (Lipinski definition) is 8. The van der Waals surface area contributed by atoms with Gasteiger partial charge in [-0.1, -0.05) is 30.3 Å². The normalized spacial score (nSPS) is 19.6. The van der Waals surface area contributed by atoms with Gasteiger partial charge in [0.1, 0.15) is 22.3 Å². The number of benzene rings is 3. The second kappa shape index (κ2) is 13.4. The summed E-state index contributed by atoms with van der Waals surface area (Å²) in [5.74, 6) is 0.327. The van der Waals surface area contributed by atoms with Gasteiger partial charge in [-0.25, -0.2) is 8.42 Å². The van der Waals surface area contributed by atoms with Crippen LogP contribution >= 0.6 is 0 Å². The van der Waals surface area contributed by atoms with Crippen molar-refractivity contribution in [3.8, 4) is 22.6 Å². The molecule has 3 N–H and O–H groups in total. The number of rotatable bonds is 12. The van der Waals surface area contributed by atoms with Gasteiger partial charge in [0, 0.05) is 31.9 Å². The highest BCUT2D eigenvalue weighted by Crippen LogP contribution is 2.38. The third-order valence-electron chi connectivity index (χ3n) is 8.70. The number of methoxy groups -OCH3 is 2. The number of aliphatic carboxylic acids is 1. The standard InChI is InChI=1S/C33H41N3O6S/c1-41-29-7-5-8-30(42-2)31(29)25-11-9-24(10-12-25)21-28(32(37)38)35-23-33(17-6-18-34-22-33)43(39,40)27-15-13-26(14-16-27)36-19-3-4-20-36/h5,7-16,28,34-35H,3-4,6,17-23H2,1-2H3,(H,37,38)/t28-,33?/m0/s1. The molecule has 0 spiro atoms. The van der Waals surface area contributed by atoms with Crippen molar-refractivity contribution in [2.75, 3.05) is 51.8 Å². The van der Waals surface area contributed by atoms with Gasteiger partial charge < -0.3 is 30.1 Å². The number of carboxylic acid groups (broad SMARTS) is 1. The topological polar surface area (TPSA) is 117 Å². The van der Waals surface area contributed by atoms with Crippen LogP contribution in [0.5, 0.6) is 11.5 Å². The summed E-state index contributed by atoms with van der Waals surface area (Å²) in [6.07, 6.45) is 3.63. The Morgan fingerprint density at radius 3 is 2.19 bits per heavy atom. The summed E-state index contributed by atoms with van der Waals surface area (Å²) in [4.78, 5) is 14.9. The predicted octanol–water partition coefficient (Wildman–Crippen LogP) is 4.15. The van der Waals surface area contributed by atoms with E-state index in [4.69, 9.17) is 9.47 Å². The molecule has 0 aromatic heterocycles. The molecule has 43 heavy (non-hydrogen) atoms. The maximum Gasteiger partial charge on any atom is 0.321 e. The molecule has 230 valence electrons. The molecular weight excluding hydrogens is 566 g/mol. The number of sulfone groups is 1. The molecule has 3 aromatic carbocycles. The maximum atomic E-state index is 14.1. The van der Waals surface area contributed by atoms with E-state index in [9.17, 15) is 18.3 Å². The fraction of sp³-hybridized carbons (Fsp3) is 0.424. The summed E-state index contributed by atoms with van der Waals surface area (Å²) in [7, 11) is -0.557. The summed E-state index contributed by atoms with van der Waals surface area (Å²) in [6.45, 7) is 2.99. The van der Waals surface area contributed by atoms with Gasteiger partial charge in [0.05, 0.1) is 24.7 Å². The molecule has 0 amide bonds. The second-order valence-electron chi connectivity index (χ2n) is 11.4. The van der Waals surface area contributed by atoms with Crippen molar-refractivity contribution in [1.82, 2.24) is 10.6 Å². The SMILES string of the molecule is COc1cccc(OC)c1-c1ccc(C[C@H](NCC2(S(=O)(=O)c3ccc(N4CCCC4)cc3)CCCNC2)C(=O)O)cc1. The molecule has 2 atom stereocenters. The van der Waals surface area contributed by atoms with Crippen LogP contribution in [0.4, 0.5) is 5.69 Å². The number of ether oxygens (including phenoxy) is 2. The predicted molar refractivity (Wildman–Crippen MR) is 168 cm³/mol. The van der Waals surface area contributed by atoms with Crippen LogP contribution in [0.3, 0.4) is 0 Å². The van der Waals surface area contributed by atoms with Crippen molar-refractivity contribution in [3.05, 3.63) is 72.3 Å². The van der Waals surface area contributed by atoms with Gasteiger partial charge in [-0.3, -0.25) is 4.79 Å². The quantitative estimate of drug-likeness (QED) is 0.279. The van der Waals surface area contributed by atoms with Gasteiger partial charge in [0.25, 0.3) is 0 Å². The number of hydrogen-bond donors (Lipinski definition) is 3. The molecule has 2 heterocycles. The Hall–Kier alpha value is -3.60. The monoisotopic (exact) mass is 607 g/mol. The van der Waals surface area contributed by atoms with Crippen LogP contribution in [0.1, 0.15) is 31.2 Å². The van der Waals surface area contributed by atoms with Crippen molar-refractivity contribution in [2.45, 2.75) is 47.8 Å². The molecule has 10 heteroatoms. The molecule has 0 saturated carbocycles. The average Bonchev–Trinajstić information content (AvgIpc) is 3.58. The van der Waals surface area contributed by atoms with Gasteiger partial charge in [-0.05, 0) is 86.2 Å². The van der Waals surface area contributed by atoms with Crippen LogP contribution < -0.4 is 25.0 Å². The first-order valence-corrected chi connectivity index (χ1v) is 16.3. The van der Waals surface area contributed by atoms with Crippen molar-refractivity contribution < 1.29 is 27.8 Å². The molecule has 0 bridgehead atoms. The van der Waals surface area contributed by atoms with Crippen LogP contribution in [0.15, 0.2) is 71.6 Å². The van der Waals surface area contributed by atoms with Gasteiger partial charge in [0.2, 0.25) is 0 Å². The highest BCUT2D eigenvalue weighted by molar-refractivity contribution is 7.93. The number of carboxylic acids is 1. The van der Waals surface area contributed by atoms with Gasteiger partial charge in [-0.2, -0.15) is 0 Å². The van der Waals surface area contributed by atoms with Crippen LogP contribution in [-0.2, 0) is 21.1 Å². The Bertz CT molecular complexity index is 1470. The minimum Gasteiger partial charge on any atom is -0.496 e. The number of nitrogens with one attached hydrogen (secondary N) is 2. The van der Waals surface area contributed by atoms with Crippen molar-refractivity contribution in [3.63, 3.8) is 0 Å². The van der Waals surface area contributed by atoms with E-state index in [2.05, 4.69) is 15.5 Å². The zero-order valence-corrected chi connectivity index (χ0v) is 25.7. The smallest absolute Gasteiger partial charge is 0.321 e. The first-order chi connectivity index (χ1) is 20.8. The Kier molecular flexibility index (Phi) is 9.59. The van der Waals surface area contributed by atoms with E-state index in [1.54, 1.807) is 26.4 Å². The lowest BCUT2D eigenvalue weighted by atomic mass is 9.96. The molecule has 1 unspecified atom stereocenters. The lowest BCUT2D eigenvalue weighted by Crippen LogP contribution is -2.59. The lowest BCUT2D eigenvalue weighted by Gasteiger charge is -2.38. The maximum absolute atomic E-state index is 14.1. The fourth-order valence-electron chi connectivity index (χ4n) is 6.21. The van der Waals surface area contributed by atoms with Crippen molar-refractivity contribution in [2.24, 2.45) is 0 Å². The minimum atomic E-state index is -3.77. The number of carbonyl (C=O) groups is 1. The Morgan fingerprint density at radius 1 is 0.977 bits per heavy atom. The molecule has 2 aliphatic heterocycles. The molecule has 0 aliphatic carbocycles. The van der Waals surface area contributed by atoms with Crippen molar-refractivity contribution in [1.29, 1.82) is 0 Å². The Morgan fingerprint density at radius 2 is 1.63 bits per heavy atom. The summed E-state index contributed by atoms with van der Waals surface area (Å²) in [5.41, 5.74) is 3.55. The third kappa shape index (κ3) is 6.51. The second-order valence-corrected chi connectivity index (χ2v) is 13.7. The minimum absolute atomic E-state index is 0.0314. The third-order valence-corrected chi connectivity index (χ3v) is 11.2. The lowest BCUT2D eigenvalue weighted by molar-refractivity contribution is -0.139. The summed E-state index contributed by atoms with van der Waals surface area (Å²) in [5, 5.41) is 16.5. The van der Waals surface area contributed by atoms with Gasteiger partial charge >= 0.3 is 5.97 Å². The number of nitrogens with zero attached hydrogens (tertiary/aromatic N) is 1. The summed E-state index contributed by atoms with van der Waals surface area (Å²) in [6, 6.07) is 19.4. The highest BCUT2D eigenvalue weighted by Gasteiger charge is 2.46. The number of anilines is 1. The van der Waals surface area contributed by atoms with E-state index >= 15 is 0 Å². The van der Waals surface area contributed by atoms with E-state index in [0.717, 1.165) is 54.9 Å². The van der Waals surface area contributed by atoms with Gasteiger partial charge in [0.15, 0.2) is 9.84 Å². The summed E-state index contributed by atoms with van der Waals surface area (Å²) < 4.78 is 38.1. The van der Waals surface area contributed by atoms with E-state index in [1.807, 2.05) is 54.6 Å². The summed E-state index contributed by atoms with van der Waals surface area (Å²) >= 11 is 0. The molecule has 2 fully saturated rings. The molecule has 2 aliphatic rings. The van der Waals surface area contributed by atoms with Crippen LogP contribution in [0.2, 0.25) is 0 Å². The van der Waals surface area contributed by atoms with Gasteiger partial charge in [-0.15, -0.1) is 0 Å². The Labute approximate surface area is 254 Å². The largest absolute Gasteiger partial charge is 0.496 e. The van der Waals surface area contributed by atoms with E-state index in [1.165, 1.54) is 0 Å². The highest BCUT2D eigenvalue weighted by atomic mass is 32.2. The zero-order chi connectivity index (χ0) is 30.5.